The van der Waals surface area contributed by atoms with Gasteiger partial charge in [0.05, 0.1) is 35.9 Å². The molecular weight excluding hydrogens is 361 g/mol. The highest BCUT2D eigenvalue weighted by atomic mass is 35.5. The molecule has 0 saturated carbocycles. The lowest BCUT2D eigenvalue weighted by atomic mass is 9.91. The average Bonchev–Trinajstić information content (AvgIpc) is 2.63. The highest BCUT2D eigenvalue weighted by molar-refractivity contribution is 6.30. The van der Waals surface area contributed by atoms with Gasteiger partial charge in [-0.05, 0) is 50.1 Å². The van der Waals surface area contributed by atoms with Crippen LogP contribution in [0.25, 0.3) is 0 Å². The lowest BCUT2D eigenvalue weighted by molar-refractivity contribution is 0.192. The molecule has 3 heterocycles. The van der Waals surface area contributed by atoms with Gasteiger partial charge in [-0.15, -0.1) is 0 Å². The Kier molecular flexibility index (Phi) is 6.26. The second-order valence-corrected chi connectivity index (χ2v) is 7.10. The van der Waals surface area contributed by atoms with Crippen molar-refractivity contribution >= 4 is 29.2 Å². The summed E-state index contributed by atoms with van der Waals surface area (Å²) in [7, 11) is 0. The van der Waals surface area contributed by atoms with Gasteiger partial charge in [0.15, 0.2) is 5.75 Å². The quantitative estimate of drug-likeness (QED) is 0.703. The van der Waals surface area contributed by atoms with Crippen molar-refractivity contribution in [3.63, 3.8) is 0 Å². The summed E-state index contributed by atoms with van der Waals surface area (Å²) in [6, 6.07) is 0. The number of nitrogens with zero attached hydrogens (tertiary/aromatic N) is 5. The van der Waals surface area contributed by atoms with Crippen LogP contribution in [0.5, 0.6) is 5.75 Å². The number of rotatable bonds is 6. The molecule has 1 saturated heterocycles. The number of aromatic nitrogens is 4. The lowest BCUT2D eigenvalue weighted by Gasteiger charge is -2.32. The SMILES string of the molecule is CC(CCC1CCN(c2ncc(Cl)cn2)CC1)Oc1cnc(Cl)nc1. The number of hydrogen-bond acceptors (Lipinski definition) is 6. The van der Waals surface area contributed by atoms with E-state index in [9.17, 15) is 0 Å². The molecular formula is C17H21Cl2N5O. The molecule has 134 valence electrons. The van der Waals surface area contributed by atoms with Gasteiger partial charge < -0.3 is 9.64 Å². The molecule has 6 nitrogen and oxygen atoms in total. The Bertz CT molecular complexity index is 660. The lowest BCUT2D eigenvalue weighted by Crippen LogP contribution is -2.35. The predicted octanol–water partition coefficient (Wildman–Crippen LogP) is 4.04. The molecule has 3 rings (SSSR count). The molecule has 2 aromatic rings. The van der Waals surface area contributed by atoms with Gasteiger partial charge in [0.1, 0.15) is 0 Å². The molecule has 8 heteroatoms. The van der Waals surface area contributed by atoms with Crippen molar-refractivity contribution in [2.24, 2.45) is 5.92 Å². The molecule has 25 heavy (non-hydrogen) atoms. The Morgan fingerprint density at radius 1 is 1.08 bits per heavy atom. The van der Waals surface area contributed by atoms with Crippen LogP contribution in [-0.2, 0) is 0 Å². The van der Waals surface area contributed by atoms with Crippen LogP contribution in [0.3, 0.4) is 0 Å². The summed E-state index contributed by atoms with van der Waals surface area (Å²) in [6.07, 6.45) is 11.1. The number of halogens is 2. The summed E-state index contributed by atoms with van der Waals surface area (Å²) in [4.78, 5) is 18.7. The molecule has 0 amide bonds. The van der Waals surface area contributed by atoms with Gasteiger partial charge in [0, 0.05) is 13.1 Å². The molecule has 1 fully saturated rings. The number of piperidine rings is 1. The van der Waals surface area contributed by atoms with E-state index in [-0.39, 0.29) is 11.4 Å². The number of ether oxygens (including phenoxy) is 1. The van der Waals surface area contributed by atoms with E-state index in [1.54, 1.807) is 24.8 Å². The Hall–Kier alpha value is -1.66. The first kappa shape index (κ1) is 18.1. The number of hydrogen-bond donors (Lipinski definition) is 0. The molecule has 0 bridgehead atoms. The van der Waals surface area contributed by atoms with E-state index >= 15 is 0 Å². The zero-order chi connectivity index (χ0) is 17.6. The fraction of sp³-hybridized carbons (Fsp3) is 0.529. The molecule has 0 aromatic carbocycles. The zero-order valence-electron chi connectivity index (χ0n) is 14.1. The maximum atomic E-state index is 5.84. The summed E-state index contributed by atoms with van der Waals surface area (Å²) in [5.74, 6) is 2.13. The fourth-order valence-corrected chi connectivity index (χ4v) is 3.21. The van der Waals surface area contributed by atoms with E-state index in [4.69, 9.17) is 27.9 Å². The van der Waals surface area contributed by atoms with Gasteiger partial charge in [0.25, 0.3) is 0 Å². The van der Waals surface area contributed by atoms with Crippen LogP contribution in [-0.4, -0.2) is 39.1 Å². The summed E-state index contributed by atoms with van der Waals surface area (Å²) < 4.78 is 5.84. The van der Waals surface area contributed by atoms with Gasteiger partial charge in [-0.1, -0.05) is 11.6 Å². The first-order valence-corrected chi connectivity index (χ1v) is 9.22. The topological polar surface area (TPSA) is 64.0 Å². The minimum absolute atomic E-state index is 0.127. The first-order chi connectivity index (χ1) is 12.1. The first-order valence-electron chi connectivity index (χ1n) is 8.47. The molecule has 1 unspecified atom stereocenters. The Morgan fingerprint density at radius 2 is 1.72 bits per heavy atom. The van der Waals surface area contributed by atoms with Crippen LogP contribution >= 0.6 is 23.2 Å². The van der Waals surface area contributed by atoms with Crippen LogP contribution in [0.15, 0.2) is 24.8 Å². The summed E-state index contributed by atoms with van der Waals surface area (Å²) >= 11 is 11.5. The van der Waals surface area contributed by atoms with Crippen molar-refractivity contribution in [2.75, 3.05) is 18.0 Å². The molecule has 0 spiro atoms. The van der Waals surface area contributed by atoms with Gasteiger partial charge in [-0.2, -0.15) is 0 Å². The van der Waals surface area contributed by atoms with Crippen molar-refractivity contribution in [3.8, 4) is 5.75 Å². The van der Waals surface area contributed by atoms with Crippen LogP contribution in [0, 0.1) is 5.92 Å². The smallest absolute Gasteiger partial charge is 0.225 e. The van der Waals surface area contributed by atoms with Crippen molar-refractivity contribution in [1.29, 1.82) is 0 Å². The van der Waals surface area contributed by atoms with E-state index < -0.39 is 0 Å². The highest BCUT2D eigenvalue weighted by Gasteiger charge is 2.21. The third kappa shape index (κ3) is 5.41. The van der Waals surface area contributed by atoms with E-state index in [0.717, 1.165) is 44.7 Å². The van der Waals surface area contributed by atoms with Gasteiger partial charge in [-0.25, -0.2) is 19.9 Å². The van der Waals surface area contributed by atoms with Crippen LogP contribution < -0.4 is 9.64 Å². The van der Waals surface area contributed by atoms with E-state index in [0.29, 0.717) is 16.7 Å². The standard InChI is InChI=1S/C17H21Cl2N5O/c1-12(25-15-10-20-16(19)21-11-15)2-3-13-4-6-24(7-5-13)17-22-8-14(18)9-23-17/h8-13H,2-7H2,1H3. The third-order valence-electron chi connectivity index (χ3n) is 4.42. The maximum Gasteiger partial charge on any atom is 0.225 e. The van der Waals surface area contributed by atoms with Crippen molar-refractivity contribution < 1.29 is 4.74 Å². The Labute approximate surface area is 157 Å². The summed E-state index contributed by atoms with van der Waals surface area (Å²) in [6.45, 7) is 4.03. The van der Waals surface area contributed by atoms with E-state index in [1.807, 2.05) is 0 Å². The van der Waals surface area contributed by atoms with Crippen LogP contribution in [0.1, 0.15) is 32.6 Å². The summed E-state index contributed by atoms with van der Waals surface area (Å²) in [5, 5.41) is 0.801. The van der Waals surface area contributed by atoms with Crippen LogP contribution in [0.4, 0.5) is 5.95 Å². The minimum atomic E-state index is 0.127. The van der Waals surface area contributed by atoms with Crippen molar-refractivity contribution in [3.05, 3.63) is 35.1 Å². The molecule has 0 N–H and O–H groups in total. The fourth-order valence-electron chi connectivity index (χ4n) is 3.01. The second-order valence-electron chi connectivity index (χ2n) is 6.33. The molecule has 0 aliphatic carbocycles. The molecule has 1 atom stereocenters. The molecule has 0 radical (unpaired) electrons. The number of anilines is 1. The molecule has 2 aromatic heterocycles. The zero-order valence-corrected chi connectivity index (χ0v) is 15.6. The Morgan fingerprint density at radius 3 is 2.36 bits per heavy atom. The maximum absolute atomic E-state index is 5.84. The van der Waals surface area contributed by atoms with Gasteiger partial charge >= 0.3 is 0 Å². The summed E-state index contributed by atoms with van der Waals surface area (Å²) in [5.41, 5.74) is 0. The average molecular weight is 382 g/mol. The van der Waals surface area contributed by atoms with Crippen molar-refractivity contribution in [1.82, 2.24) is 19.9 Å². The predicted molar refractivity (Wildman–Crippen MR) is 98.3 cm³/mol. The molecule has 1 aliphatic rings. The van der Waals surface area contributed by atoms with Gasteiger partial charge in [0.2, 0.25) is 11.2 Å². The third-order valence-corrected chi connectivity index (χ3v) is 4.81. The second kappa shape index (κ2) is 8.63. The normalized spacial score (nSPS) is 16.7. The van der Waals surface area contributed by atoms with Crippen LogP contribution in [0.2, 0.25) is 10.3 Å². The largest absolute Gasteiger partial charge is 0.487 e. The Balaban J connectivity index is 1.40. The van der Waals surface area contributed by atoms with E-state index in [1.165, 1.54) is 0 Å². The van der Waals surface area contributed by atoms with Gasteiger partial charge in [-0.3, -0.25) is 0 Å². The van der Waals surface area contributed by atoms with Crippen molar-refractivity contribution in [2.45, 2.75) is 38.7 Å². The monoisotopic (exact) mass is 381 g/mol. The molecule has 1 aliphatic heterocycles. The minimum Gasteiger partial charge on any atom is -0.487 e. The highest BCUT2D eigenvalue weighted by Crippen LogP contribution is 2.25. The van der Waals surface area contributed by atoms with E-state index in [2.05, 4.69) is 31.8 Å².